The highest BCUT2D eigenvalue weighted by Crippen LogP contribution is 2.53. The van der Waals surface area contributed by atoms with Crippen LogP contribution in [0.25, 0.3) is 27.8 Å². The molecular weight excluding hydrogens is 544 g/mol. The minimum atomic E-state index is -0.0679. The molecule has 218 valence electrons. The molecule has 3 aromatic carbocycles. The Morgan fingerprint density at radius 1 is 0.909 bits per heavy atom. The molecule has 1 saturated carbocycles. The van der Waals surface area contributed by atoms with Crippen LogP contribution in [0.3, 0.4) is 0 Å². The molecule has 3 aromatic heterocycles. The number of fused-ring (bicyclic) bond motifs is 2. The minimum Gasteiger partial charge on any atom is -0.337 e. The van der Waals surface area contributed by atoms with Gasteiger partial charge in [-0.1, -0.05) is 54.6 Å². The third kappa shape index (κ3) is 4.74. The van der Waals surface area contributed by atoms with Gasteiger partial charge < -0.3 is 4.90 Å². The number of benzene rings is 3. The van der Waals surface area contributed by atoms with Crippen LogP contribution in [-0.4, -0.2) is 61.2 Å². The van der Waals surface area contributed by atoms with Crippen LogP contribution in [0.15, 0.2) is 110 Å². The molecule has 2 aliphatic rings. The number of aromatic nitrogens is 4. The van der Waals surface area contributed by atoms with Crippen molar-refractivity contribution >= 4 is 22.6 Å². The van der Waals surface area contributed by atoms with Gasteiger partial charge in [-0.05, 0) is 66.3 Å². The van der Waals surface area contributed by atoms with Gasteiger partial charge >= 0.3 is 0 Å². The Bertz CT molecular complexity index is 1980. The van der Waals surface area contributed by atoms with Gasteiger partial charge in [0, 0.05) is 73.2 Å². The number of rotatable bonds is 7. The summed E-state index contributed by atoms with van der Waals surface area (Å²) in [5.41, 5.74) is 7.44. The maximum absolute atomic E-state index is 13.4. The third-order valence-corrected chi connectivity index (χ3v) is 9.59. The van der Waals surface area contributed by atoms with E-state index in [1.165, 1.54) is 11.1 Å². The lowest BCUT2D eigenvalue weighted by molar-refractivity contribution is 0.0735. The van der Waals surface area contributed by atoms with E-state index in [-0.39, 0.29) is 17.4 Å². The maximum Gasteiger partial charge on any atom is 0.253 e. The summed E-state index contributed by atoms with van der Waals surface area (Å²) >= 11 is 0. The Labute approximate surface area is 256 Å². The molecule has 6 aromatic rings. The summed E-state index contributed by atoms with van der Waals surface area (Å²) in [6.07, 6.45) is 11.0. The van der Waals surface area contributed by atoms with Crippen LogP contribution in [0.2, 0.25) is 0 Å². The molecule has 44 heavy (non-hydrogen) atoms. The van der Waals surface area contributed by atoms with Gasteiger partial charge in [-0.25, -0.2) is 9.97 Å². The number of nitrogens with zero attached hydrogens (tertiary/aromatic N) is 6. The lowest BCUT2D eigenvalue weighted by Gasteiger charge is -2.25. The Morgan fingerprint density at radius 2 is 1.73 bits per heavy atom. The van der Waals surface area contributed by atoms with Gasteiger partial charge in [0.15, 0.2) is 0 Å². The summed E-state index contributed by atoms with van der Waals surface area (Å²) in [5, 5.41) is 1.15. The smallest absolute Gasteiger partial charge is 0.253 e. The van der Waals surface area contributed by atoms with Gasteiger partial charge in [0.05, 0.1) is 17.4 Å². The molecule has 1 saturated heterocycles. The Morgan fingerprint density at radius 3 is 2.55 bits per heavy atom. The molecule has 1 aliphatic heterocycles. The molecule has 0 bridgehead atoms. The SMILES string of the molecule is CN(C(=O)c1ccc(-c2cnc3ncc(C4(c5ccc6ncccc6c5)CC4)n3c2)cc1)C1CCN(Cc2ccccc2)C1. The van der Waals surface area contributed by atoms with E-state index in [0.717, 1.165) is 66.6 Å². The first kappa shape index (κ1) is 26.7. The van der Waals surface area contributed by atoms with E-state index >= 15 is 0 Å². The molecule has 1 aliphatic carbocycles. The quantitative estimate of drug-likeness (QED) is 0.220. The Kier molecular flexibility index (Phi) is 6.49. The van der Waals surface area contributed by atoms with Gasteiger partial charge in [0.2, 0.25) is 5.78 Å². The normalized spacial score (nSPS) is 17.7. The lowest BCUT2D eigenvalue weighted by Crippen LogP contribution is -2.38. The van der Waals surface area contributed by atoms with Gasteiger partial charge in [0.25, 0.3) is 5.91 Å². The zero-order valence-corrected chi connectivity index (χ0v) is 24.8. The average molecular weight is 579 g/mol. The second-order valence-electron chi connectivity index (χ2n) is 12.3. The Hall–Kier alpha value is -4.88. The fourth-order valence-corrected chi connectivity index (χ4v) is 6.86. The van der Waals surface area contributed by atoms with Crippen molar-refractivity contribution in [2.45, 2.75) is 37.3 Å². The number of likely N-dealkylation sites (tertiary alicyclic amines) is 1. The number of hydrogen-bond acceptors (Lipinski definition) is 5. The van der Waals surface area contributed by atoms with Gasteiger partial charge in [0.1, 0.15) is 0 Å². The fraction of sp³-hybridized carbons (Fsp3) is 0.243. The highest BCUT2D eigenvalue weighted by Gasteiger charge is 2.48. The van der Waals surface area contributed by atoms with Crippen molar-refractivity contribution in [3.8, 4) is 11.1 Å². The van der Waals surface area contributed by atoms with Crippen molar-refractivity contribution in [1.29, 1.82) is 0 Å². The van der Waals surface area contributed by atoms with Crippen LogP contribution < -0.4 is 0 Å². The van der Waals surface area contributed by atoms with Crippen molar-refractivity contribution in [3.05, 3.63) is 132 Å². The van der Waals surface area contributed by atoms with Crippen LogP contribution in [0.5, 0.6) is 0 Å². The number of carbonyl (C=O) groups excluding carboxylic acids is 1. The largest absolute Gasteiger partial charge is 0.337 e. The van der Waals surface area contributed by atoms with E-state index in [0.29, 0.717) is 11.3 Å². The monoisotopic (exact) mass is 578 g/mol. The maximum atomic E-state index is 13.4. The van der Waals surface area contributed by atoms with Crippen LogP contribution in [-0.2, 0) is 12.0 Å². The van der Waals surface area contributed by atoms with Crippen LogP contribution in [0, 0.1) is 0 Å². The molecule has 2 fully saturated rings. The van der Waals surface area contributed by atoms with Gasteiger partial charge in [-0.2, -0.15) is 0 Å². The van der Waals surface area contributed by atoms with E-state index in [1.54, 1.807) is 0 Å². The summed E-state index contributed by atoms with van der Waals surface area (Å²) in [6.45, 7) is 2.82. The Balaban J connectivity index is 1.00. The van der Waals surface area contributed by atoms with Crippen molar-refractivity contribution < 1.29 is 4.79 Å². The van der Waals surface area contributed by atoms with E-state index in [2.05, 4.69) is 74.0 Å². The number of amides is 1. The first-order chi connectivity index (χ1) is 21.6. The number of imidazole rings is 1. The molecular formula is C37H34N6O. The minimum absolute atomic E-state index is 0.0647. The molecule has 4 heterocycles. The van der Waals surface area contributed by atoms with Crippen molar-refractivity contribution in [2.24, 2.45) is 0 Å². The zero-order chi connectivity index (χ0) is 29.7. The first-order valence-electron chi connectivity index (χ1n) is 15.4. The number of pyridine rings is 1. The molecule has 7 heteroatoms. The standard InChI is InChI=1S/C37H34N6O/c1-41(32-15-19-42(25-32)23-26-6-3-2-4-7-26)35(44)28-11-9-27(10-12-28)30-21-39-36-40-22-34(43(36)24-30)37(16-17-37)31-13-14-33-29(20-31)8-5-18-38-33/h2-14,18,20-22,24,32H,15-17,19,23,25H2,1H3. The predicted molar refractivity (Wildman–Crippen MR) is 172 cm³/mol. The van der Waals surface area contributed by atoms with E-state index < -0.39 is 0 Å². The molecule has 0 radical (unpaired) electrons. The molecule has 7 nitrogen and oxygen atoms in total. The molecule has 8 rings (SSSR count). The summed E-state index contributed by atoms with van der Waals surface area (Å²) in [5.74, 6) is 0.763. The average Bonchev–Trinajstić information content (AvgIpc) is 3.55. The van der Waals surface area contributed by atoms with Crippen molar-refractivity contribution in [3.63, 3.8) is 0 Å². The van der Waals surface area contributed by atoms with Crippen molar-refractivity contribution in [1.82, 2.24) is 29.2 Å². The summed E-state index contributed by atoms with van der Waals surface area (Å²) in [6, 6.07) is 29.4. The molecule has 0 N–H and O–H groups in total. The number of hydrogen-bond donors (Lipinski definition) is 0. The predicted octanol–water partition coefficient (Wildman–Crippen LogP) is 6.37. The highest BCUT2D eigenvalue weighted by atomic mass is 16.2. The van der Waals surface area contributed by atoms with E-state index in [1.807, 2.05) is 66.9 Å². The summed E-state index contributed by atoms with van der Waals surface area (Å²) < 4.78 is 2.14. The second-order valence-corrected chi connectivity index (χ2v) is 12.3. The summed E-state index contributed by atoms with van der Waals surface area (Å²) in [7, 11) is 1.94. The third-order valence-electron chi connectivity index (χ3n) is 9.59. The van der Waals surface area contributed by atoms with Gasteiger partial charge in [-0.3, -0.25) is 19.1 Å². The van der Waals surface area contributed by atoms with Crippen molar-refractivity contribution in [2.75, 3.05) is 20.1 Å². The first-order valence-corrected chi connectivity index (χ1v) is 15.4. The number of carbonyl (C=O) groups is 1. The number of likely N-dealkylation sites (N-methyl/N-ethyl adjacent to an activating group) is 1. The molecule has 1 amide bonds. The zero-order valence-electron chi connectivity index (χ0n) is 24.8. The van der Waals surface area contributed by atoms with E-state index in [4.69, 9.17) is 4.98 Å². The van der Waals surface area contributed by atoms with Crippen LogP contribution >= 0.6 is 0 Å². The second kappa shape index (κ2) is 10.7. The molecule has 1 atom stereocenters. The van der Waals surface area contributed by atoms with Crippen LogP contribution in [0.1, 0.15) is 46.4 Å². The fourth-order valence-electron chi connectivity index (χ4n) is 6.86. The van der Waals surface area contributed by atoms with Gasteiger partial charge in [-0.15, -0.1) is 0 Å². The van der Waals surface area contributed by atoms with E-state index in [9.17, 15) is 4.79 Å². The topological polar surface area (TPSA) is 66.6 Å². The molecule has 0 spiro atoms. The highest BCUT2D eigenvalue weighted by molar-refractivity contribution is 5.94. The molecule has 1 unspecified atom stereocenters. The lowest BCUT2D eigenvalue weighted by atomic mass is 9.91. The summed E-state index contributed by atoms with van der Waals surface area (Å²) in [4.78, 5) is 31.6. The van der Waals surface area contributed by atoms with Crippen LogP contribution in [0.4, 0.5) is 0 Å².